The molecule has 6 nitrogen and oxygen atoms in total. The molecule has 1 amide bonds. The zero-order chi connectivity index (χ0) is 15.1. The number of amides is 1. The molecule has 1 aliphatic heterocycles. The van der Waals surface area contributed by atoms with E-state index in [1.807, 2.05) is 20.8 Å². The van der Waals surface area contributed by atoms with Gasteiger partial charge in [-0.15, -0.1) is 0 Å². The van der Waals surface area contributed by atoms with Crippen LogP contribution in [0, 0.1) is 11.3 Å². The Kier molecular flexibility index (Phi) is 3.81. The van der Waals surface area contributed by atoms with Crippen molar-refractivity contribution < 1.29 is 19.4 Å². The van der Waals surface area contributed by atoms with Crippen molar-refractivity contribution in [2.45, 2.75) is 57.7 Å². The summed E-state index contributed by atoms with van der Waals surface area (Å²) < 4.78 is 5.65. The van der Waals surface area contributed by atoms with E-state index in [-0.39, 0.29) is 30.4 Å². The zero-order valence-electron chi connectivity index (χ0n) is 12.3. The summed E-state index contributed by atoms with van der Waals surface area (Å²) in [4.78, 5) is 23.4. The maximum absolute atomic E-state index is 12.6. The van der Waals surface area contributed by atoms with Gasteiger partial charge in [0.15, 0.2) is 0 Å². The molecular weight excluding hydrogens is 260 g/mol. The Balaban J connectivity index is 2.10. The van der Waals surface area contributed by atoms with Crippen LogP contribution in [-0.4, -0.2) is 41.3 Å². The molecule has 2 aliphatic rings. The lowest BCUT2D eigenvalue weighted by Gasteiger charge is -2.60. The molecule has 6 heteroatoms. The predicted octanol–water partition coefficient (Wildman–Crippen LogP) is 0.498. The first-order valence-electron chi connectivity index (χ1n) is 7.18. The van der Waals surface area contributed by atoms with Crippen molar-refractivity contribution in [2.24, 2.45) is 17.1 Å². The van der Waals surface area contributed by atoms with Gasteiger partial charge in [0.2, 0.25) is 5.91 Å². The largest absolute Gasteiger partial charge is 0.481 e. The Morgan fingerprint density at radius 2 is 2.15 bits per heavy atom. The fourth-order valence-electron chi connectivity index (χ4n) is 3.66. The van der Waals surface area contributed by atoms with Gasteiger partial charge in [0.05, 0.1) is 12.5 Å². The van der Waals surface area contributed by atoms with Gasteiger partial charge in [-0.2, -0.15) is 0 Å². The van der Waals surface area contributed by atoms with Gasteiger partial charge in [-0.1, -0.05) is 20.8 Å². The quantitative estimate of drug-likeness (QED) is 0.682. The van der Waals surface area contributed by atoms with Gasteiger partial charge in [-0.3, -0.25) is 9.59 Å². The Hall–Kier alpha value is -1.14. The average molecular weight is 284 g/mol. The highest BCUT2D eigenvalue weighted by molar-refractivity contribution is 5.90. The molecule has 4 atom stereocenters. The van der Waals surface area contributed by atoms with Crippen molar-refractivity contribution in [3.63, 3.8) is 0 Å². The predicted molar refractivity (Wildman–Crippen MR) is 73.0 cm³/mol. The molecule has 1 aliphatic carbocycles. The molecule has 0 radical (unpaired) electrons. The van der Waals surface area contributed by atoms with Crippen LogP contribution in [0.1, 0.15) is 40.0 Å². The first-order chi connectivity index (χ1) is 9.25. The summed E-state index contributed by atoms with van der Waals surface area (Å²) in [5, 5.41) is 11.7. The second kappa shape index (κ2) is 5.00. The third-order valence-electron chi connectivity index (χ3n) is 5.08. The molecule has 0 aromatic rings. The third-order valence-corrected chi connectivity index (χ3v) is 5.08. The maximum Gasteiger partial charge on any atom is 0.305 e. The molecule has 1 saturated heterocycles. The van der Waals surface area contributed by atoms with Gasteiger partial charge < -0.3 is 20.9 Å². The second-order valence-electron chi connectivity index (χ2n) is 6.45. The zero-order valence-corrected chi connectivity index (χ0v) is 12.3. The third kappa shape index (κ3) is 2.02. The minimum atomic E-state index is -0.972. The molecule has 1 saturated carbocycles. The van der Waals surface area contributed by atoms with E-state index in [2.05, 4.69) is 5.32 Å². The van der Waals surface area contributed by atoms with Crippen LogP contribution in [0.25, 0.3) is 0 Å². The number of carboxylic acid groups (broad SMARTS) is 1. The molecule has 114 valence electrons. The van der Waals surface area contributed by atoms with Crippen LogP contribution in [0.15, 0.2) is 0 Å². The topological polar surface area (TPSA) is 102 Å². The molecule has 2 fully saturated rings. The van der Waals surface area contributed by atoms with Crippen molar-refractivity contribution >= 4 is 11.9 Å². The Bertz CT molecular complexity index is 423. The van der Waals surface area contributed by atoms with Crippen LogP contribution in [0.4, 0.5) is 0 Å². The highest BCUT2D eigenvalue weighted by Crippen LogP contribution is 2.58. The summed E-state index contributed by atoms with van der Waals surface area (Å²) in [6.07, 6.45) is 1.30. The summed E-state index contributed by atoms with van der Waals surface area (Å²) in [7, 11) is 0. The number of rotatable bonds is 5. The van der Waals surface area contributed by atoms with E-state index in [1.165, 1.54) is 0 Å². The Morgan fingerprint density at radius 3 is 2.70 bits per heavy atom. The number of nitrogens with one attached hydrogen (secondary N) is 1. The van der Waals surface area contributed by atoms with Gasteiger partial charge in [-0.05, 0) is 12.8 Å². The summed E-state index contributed by atoms with van der Waals surface area (Å²) in [6.45, 7) is 6.37. The number of carboxylic acids is 1. The summed E-state index contributed by atoms with van der Waals surface area (Å²) in [5.74, 6) is -1.14. The van der Waals surface area contributed by atoms with Gasteiger partial charge in [0.25, 0.3) is 0 Å². The second-order valence-corrected chi connectivity index (χ2v) is 6.45. The molecule has 4 N–H and O–H groups in total. The van der Waals surface area contributed by atoms with Crippen molar-refractivity contribution in [1.29, 1.82) is 0 Å². The van der Waals surface area contributed by atoms with Crippen LogP contribution >= 0.6 is 0 Å². The van der Waals surface area contributed by atoms with Gasteiger partial charge in [-0.25, -0.2) is 0 Å². The summed E-state index contributed by atoms with van der Waals surface area (Å²) in [6, 6.07) is -0.377. The maximum atomic E-state index is 12.6. The van der Waals surface area contributed by atoms with Crippen molar-refractivity contribution in [2.75, 3.05) is 6.61 Å². The molecule has 0 bridgehead atoms. The minimum absolute atomic E-state index is 0.0257. The number of ether oxygens (including phenoxy) is 1. The smallest absolute Gasteiger partial charge is 0.305 e. The molecule has 0 aromatic carbocycles. The van der Waals surface area contributed by atoms with E-state index in [1.54, 1.807) is 0 Å². The molecule has 20 heavy (non-hydrogen) atoms. The van der Waals surface area contributed by atoms with Crippen molar-refractivity contribution in [3.8, 4) is 0 Å². The lowest BCUT2D eigenvalue weighted by atomic mass is 9.48. The van der Waals surface area contributed by atoms with Gasteiger partial charge >= 0.3 is 5.97 Å². The number of aliphatic carboxylic acids is 1. The summed E-state index contributed by atoms with van der Waals surface area (Å²) in [5.41, 5.74) is 5.00. The molecule has 2 rings (SSSR count). The monoisotopic (exact) mass is 284 g/mol. The van der Waals surface area contributed by atoms with E-state index in [4.69, 9.17) is 15.6 Å². The lowest BCUT2D eigenvalue weighted by molar-refractivity contribution is -0.176. The van der Waals surface area contributed by atoms with E-state index >= 15 is 0 Å². The normalized spacial score (nSPS) is 35.8. The lowest BCUT2D eigenvalue weighted by Crippen LogP contribution is -2.80. The molecule has 1 heterocycles. The summed E-state index contributed by atoms with van der Waals surface area (Å²) >= 11 is 0. The van der Waals surface area contributed by atoms with Crippen LogP contribution in [0.2, 0.25) is 0 Å². The first kappa shape index (κ1) is 15.3. The van der Waals surface area contributed by atoms with Crippen LogP contribution in [0.3, 0.4) is 0 Å². The fraction of sp³-hybridized carbons (Fsp3) is 0.857. The van der Waals surface area contributed by atoms with E-state index < -0.39 is 16.9 Å². The molecular formula is C14H24N2O4. The highest BCUT2D eigenvalue weighted by atomic mass is 16.5. The van der Waals surface area contributed by atoms with Gasteiger partial charge in [0.1, 0.15) is 5.54 Å². The van der Waals surface area contributed by atoms with E-state index in [0.717, 1.165) is 6.42 Å². The molecule has 4 unspecified atom stereocenters. The average Bonchev–Trinajstić information content (AvgIpc) is 2.84. The number of fused-ring (bicyclic) bond motifs is 1. The standard InChI is InChI=1S/C14H24N2O4/c1-4-8(7-10(17)18)16-12(19)14(15)9-5-6-20-11(9)13(14,2)3/h8-9,11H,4-7,15H2,1-3H3,(H,16,19)(H,17,18). The number of carbonyl (C=O) groups is 2. The van der Waals surface area contributed by atoms with E-state index in [0.29, 0.717) is 13.0 Å². The van der Waals surface area contributed by atoms with Gasteiger partial charge in [0, 0.05) is 24.0 Å². The molecule has 0 aromatic heterocycles. The number of nitrogens with two attached hydrogens (primary N) is 1. The SMILES string of the molecule is CCC(CC(=O)O)NC(=O)C1(N)C2CCOC2C1(C)C. The van der Waals surface area contributed by atoms with Crippen molar-refractivity contribution in [1.82, 2.24) is 5.32 Å². The number of hydrogen-bond donors (Lipinski definition) is 3. The first-order valence-corrected chi connectivity index (χ1v) is 7.18. The highest BCUT2D eigenvalue weighted by Gasteiger charge is 2.71. The number of hydrogen-bond acceptors (Lipinski definition) is 4. The fourth-order valence-corrected chi connectivity index (χ4v) is 3.66. The van der Waals surface area contributed by atoms with Crippen molar-refractivity contribution in [3.05, 3.63) is 0 Å². The number of carbonyl (C=O) groups excluding carboxylic acids is 1. The van der Waals surface area contributed by atoms with Crippen LogP contribution in [-0.2, 0) is 14.3 Å². The Morgan fingerprint density at radius 1 is 1.50 bits per heavy atom. The minimum Gasteiger partial charge on any atom is -0.481 e. The van der Waals surface area contributed by atoms with Crippen LogP contribution in [0.5, 0.6) is 0 Å². The molecule has 0 spiro atoms. The Labute approximate surface area is 119 Å². The van der Waals surface area contributed by atoms with E-state index in [9.17, 15) is 9.59 Å². The van der Waals surface area contributed by atoms with Crippen LogP contribution < -0.4 is 11.1 Å².